The maximum absolute atomic E-state index is 11.2. The highest BCUT2D eigenvalue weighted by Gasteiger charge is 2.13. The molecule has 6 heteroatoms. The van der Waals surface area contributed by atoms with Gasteiger partial charge in [-0.25, -0.2) is 4.98 Å². The first-order valence-corrected chi connectivity index (χ1v) is 7.09. The molecule has 102 valence electrons. The number of ether oxygens (including phenoxy) is 1. The normalized spacial score (nSPS) is 12.5. The van der Waals surface area contributed by atoms with Crippen LogP contribution in [0.25, 0.3) is 11.0 Å². The average Bonchev–Trinajstić information content (AvgIpc) is 2.79. The van der Waals surface area contributed by atoms with Crippen molar-refractivity contribution in [2.75, 3.05) is 12.4 Å². The molecule has 1 heterocycles. The molecule has 1 unspecified atom stereocenters. The molecule has 2 aromatic rings. The number of carbonyl (C=O) groups excluding carboxylic acids is 1. The molecule has 2 rings (SSSR count). The fraction of sp³-hybridized carbons (Fsp3) is 0.385. The van der Waals surface area contributed by atoms with E-state index in [2.05, 4.69) is 9.97 Å². The molecule has 0 spiro atoms. The summed E-state index contributed by atoms with van der Waals surface area (Å²) < 4.78 is 4.78. The lowest BCUT2D eigenvalue weighted by atomic mass is 10.3. The number of aromatic nitrogens is 2. The van der Waals surface area contributed by atoms with Gasteiger partial charge in [0.15, 0.2) is 5.16 Å². The van der Waals surface area contributed by atoms with Crippen molar-refractivity contribution in [2.45, 2.75) is 24.6 Å². The third-order valence-corrected chi connectivity index (χ3v) is 3.51. The number of fused-ring (bicyclic) bond motifs is 1. The van der Waals surface area contributed by atoms with Gasteiger partial charge < -0.3 is 14.8 Å². The smallest absolute Gasteiger partial charge is 0.308 e. The number of nitrogens with zero attached hydrogens (tertiary/aromatic N) is 1. The van der Waals surface area contributed by atoms with Gasteiger partial charge in [-0.15, -0.1) is 0 Å². The summed E-state index contributed by atoms with van der Waals surface area (Å²) in [5, 5.41) is 10.5. The van der Waals surface area contributed by atoms with E-state index in [4.69, 9.17) is 4.74 Å². The molecule has 0 aliphatic carbocycles. The number of rotatable bonds is 6. The van der Waals surface area contributed by atoms with Gasteiger partial charge in [0.2, 0.25) is 0 Å². The van der Waals surface area contributed by atoms with E-state index in [1.807, 2.05) is 24.3 Å². The molecule has 0 aliphatic rings. The zero-order valence-electron chi connectivity index (χ0n) is 10.6. The Morgan fingerprint density at radius 2 is 2.32 bits per heavy atom. The molecule has 19 heavy (non-hydrogen) atoms. The van der Waals surface area contributed by atoms with E-state index in [0.717, 1.165) is 16.2 Å². The second kappa shape index (κ2) is 6.58. The van der Waals surface area contributed by atoms with Crippen molar-refractivity contribution >= 4 is 28.8 Å². The largest absolute Gasteiger partial charge is 0.466 e. The first-order chi connectivity index (χ1) is 9.19. The second-order valence-electron chi connectivity index (χ2n) is 4.03. The number of benzene rings is 1. The molecule has 2 N–H and O–H groups in total. The van der Waals surface area contributed by atoms with Crippen molar-refractivity contribution in [3.05, 3.63) is 24.3 Å². The number of imidazole rings is 1. The predicted octanol–water partition coefficient (Wildman–Crippen LogP) is 1.97. The summed E-state index contributed by atoms with van der Waals surface area (Å²) in [6, 6.07) is 7.73. The summed E-state index contributed by atoms with van der Waals surface area (Å²) in [5.74, 6) is 0.0266. The average molecular weight is 280 g/mol. The topological polar surface area (TPSA) is 75.2 Å². The molecule has 0 bridgehead atoms. The monoisotopic (exact) mass is 280 g/mol. The zero-order chi connectivity index (χ0) is 13.7. The Morgan fingerprint density at radius 1 is 1.53 bits per heavy atom. The van der Waals surface area contributed by atoms with Gasteiger partial charge in [0.25, 0.3) is 0 Å². The first-order valence-electron chi connectivity index (χ1n) is 6.10. The molecule has 5 nitrogen and oxygen atoms in total. The summed E-state index contributed by atoms with van der Waals surface area (Å²) in [6.45, 7) is 2.08. The molecular weight excluding hydrogens is 264 g/mol. The number of H-pyrrole nitrogens is 1. The van der Waals surface area contributed by atoms with E-state index in [0.29, 0.717) is 12.4 Å². The Bertz CT molecular complexity index is 523. The van der Waals surface area contributed by atoms with Crippen molar-refractivity contribution < 1.29 is 14.6 Å². The number of aliphatic hydroxyl groups is 1. The highest BCUT2D eigenvalue weighted by atomic mass is 32.2. The minimum absolute atomic E-state index is 0.0149. The van der Waals surface area contributed by atoms with Gasteiger partial charge >= 0.3 is 5.97 Å². The summed E-state index contributed by atoms with van der Waals surface area (Å²) >= 11 is 1.39. The lowest BCUT2D eigenvalue weighted by Crippen LogP contribution is -2.17. The Balaban J connectivity index is 1.86. The highest BCUT2D eigenvalue weighted by Crippen LogP contribution is 2.20. The van der Waals surface area contributed by atoms with Crippen LogP contribution in [0.5, 0.6) is 0 Å². The number of hydrogen-bond acceptors (Lipinski definition) is 5. The standard InChI is InChI=1S/C13H16N2O3S/c1-2-18-12(17)7-9(16)8-19-13-14-10-5-3-4-6-11(10)15-13/h3-6,9,16H,2,7-8H2,1H3,(H,14,15). The third kappa shape index (κ3) is 3.97. The lowest BCUT2D eigenvalue weighted by molar-refractivity contribution is -0.144. The number of aliphatic hydroxyl groups excluding tert-OH is 1. The molecular formula is C13H16N2O3S. The SMILES string of the molecule is CCOC(=O)CC(O)CSc1nc2ccccc2[nH]1. The lowest BCUT2D eigenvalue weighted by Gasteiger charge is -2.08. The van der Waals surface area contributed by atoms with Crippen LogP contribution in [0.2, 0.25) is 0 Å². The maximum atomic E-state index is 11.2. The fourth-order valence-electron chi connectivity index (χ4n) is 1.64. The van der Waals surface area contributed by atoms with E-state index in [-0.39, 0.29) is 12.4 Å². The van der Waals surface area contributed by atoms with Crippen LogP contribution in [0.4, 0.5) is 0 Å². The van der Waals surface area contributed by atoms with Crippen LogP contribution in [0.15, 0.2) is 29.4 Å². The van der Waals surface area contributed by atoms with Gasteiger partial charge in [-0.05, 0) is 19.1 Å². The Hall–Kier alpha value is -1.53. The van der Waals surface area contributed by atoms with E-state index in [1.165, 1.54) is 11.8 Å². The van der Waals surface area contributed by atoms with Crippen molar-refractivity contribution in [1.82, 2.24) is 9.97 Å². The minimum Gasteiger partial charge on any atom is -0.466 e. The molecule has 0 aliphatic heterocycles. The van der Waals surface area contributed by atoms with Crippen molar-refractivity contribution in [3.63, 3.8) is 0 Å². The molecule has 0 saturated carbocycles. The first kappa shape index (κ1) is 13.9. The number of thioether (sulfide) groups is 1. The van der Waals surface area contributed by atoms with E-state index in [9.17, 15) is 9.90 Å². The van der Waals surface area contributed by atoms with Gasteiger partial charge in [-0.3, -0.25) is 4.79 Å². The Morgan fingerprint density at radius 3 is 3.05 bits per heavy atom. The van der Waals surface area contributed by atoms with Crippen LogP contribution in [-0.2, 0) is 9.53 Å². The summed E-state index contributed by atoms with van der Waals surface area (Å²) in [5.41, 5.74) is 1.86. The summed E-state index contributed by atoms with van der Waals surface area (Å²) in [7, 11) is 0. The molecule has 1 atom stereocenters. The van der Waals surface area contributed by atoms with Crippen LogP contribution >= 0.6 is 11.8 Å². The highest BCUT2D eigenvalue weighted by molar-refractivity contribution is 7.99. The van der Waals surface area contributed by atoms with Crippen LogP contribution < -0.4 is 0 Å². The quantitative estimate of drug-likeness (QED) is 0.625. The molecule has 0 radical (unpaired) electrons. The van der Waals surface area contributed by atoms with Crippen LogP contribution in [0.1, 0.15) is 13.3 Å². The van der Waals surface area contributed by atoms with Crippen molar-refractivity contribution in [2.24, 2.45) is 0 Å². The molecule has 0 amide bonds. The van der Waals surface area contributed by atoms with E-state index in [1.54, 1.807) is 6.92 Å². The third-order valence-electron chi connectivity index (χ3n) is 2.49. The zero-order valence-corrected chi connectivity index (χ0v) is 11.4. The maximum Gasteiger partial charge on any atom is 0.308 e. The molecule has 1 aromatic heterocycles. The predicted molar refractivity (Wildman–Crippen MR) is 74.1 cm³/mol. The number of carbonyl (C=O) groups is 1. The van der Waals surface area contributed by atoms with Gasteiger partial charge in [0.1, 0.15) is 0 Å². The number of aromatic amines is 1. The summed E-state index contributed by atoms with van der Waals surface area (Å²) in [4.78, 5) is 18.7. The van der Waals surface area contributed by atoms with Gasteiger partial charge in [0, 0.05) is 5.75 Å². The Kier molecular flexibility index (Phi) is 4.81. The fourth-order valence-corrected chi connectivity index (χ4v) is 2.46. The van der Waals surface area contributed by atoms with E-state index >= 15 is 0 Å². The number of esters is 1. The van der Waals surface area contributed by atoms with Crippen LogP contribution in [0, 0.1) is 0 Å². The van der Waals surface area contributed by atoms with Gasteiger partial charge in [-0.2, -0.15) is 0 Å². The summed E-state index contributed by atoms with van der Waals surface area (Å²) in [6.07, 6.45) is -0.710. The van der Waals surface area contributed by atoms with Crippen molar-refractivity contribution in [3.8, 4) is 0 Å². The molecule has 1 aromatic carbocycles. The van der Waals surface area contributed by atoms with Crippen LogP contribution in [0.3, 0.4) is 0 Å². The van der Waals surface area contributed by atoms with Gasteiger partial charge in [-0.1, -0.05) is 23.9 Å². The Labute approximate surface area is 115 Å². The van der Waals surface area contributed by atoms with E-state index < -0.39 is 6.10 Å². The van der Waals surface area contributed by atoms with Crippen molar-refractivity contribution in [1.29, 1.82) is 0 Å². The number of nitrogens with one attached hydrogen (secondary N) is 1. The van der Waals surface area contributed by atoms with Gasteiger partial charge in [0.05, 0.1) is 30.2 Å². The second-order valence-corrected chi connectivity index (χ2v) is 5.04. The van der Waals surface area contributed by atoms with Crippen LogP contribution in [-0.4, -0.2) is 39.5 Å². The minimum atomic E-state index is -0.725. The number of hydrogen-bond donors (Lipinski definition) is 2. The molecule has 0 saturated heterocycles. The molecule has 0 fully saturated rings. The number of para-hydroxylation sites is 2.